The summed E-state index contributed by atoms with van der Waals surface area (Å²) in [5.74, 6) is -3.33. The third kappa shape index (κ3) is 3.55. The number of fused-ring (bicyclic) bond motifs is 1. The number of ketones is 1. The number of ether oxygens (including phenoxy) is 2. The third-order valence-corrected chi connectivity index (χ3v) is 3.99. The first-order chi connectivity index (χ1) is 12.9. The number of Topliss-reactive ketones (excluding diaryl/α,β-unsaturated/α-hetero) is 1. The van der Waals surface area contributed by atoms with E-state index in [2.05, 4.69) is 0 Å². The van der Waals surface area contributed by atoms with Crippen molar-refractivity contribution in [2.24, 2.45) is 0 Å². The lowest BCUT2D eigenvalue weighted by Gasteiger charge is -2.13. The molecule has 0 radical (unpaired) electrons. The average molecular weight is 371 g/mol. The molecule has 27 heavy (non-hydrogen) atoms. The van der Waals surface area contributed by atoms with Crippen LogP contribution in [0.1, 0.15) is 31.1 Å². The zero-order chi connectivity index (χ0) is 19.6. The van der Waals surface area contributed by atoms with Crippen molar-refractivity contribution in [1.29, 1.82) is 0 Å². The summed E-state index contributed by atoms with van der Waals surface area (Å²) in [6.07, 6.45) is 0. The Morgan fingerprint density at radius 3 is 2.26 bits per heavy atom. The summed E-state index contributed by atoms with van der Waals surface area (Å²) in [6.45, 7) is -1.30. The SMILES string of the molecule is COc1ccc(F)cc1C(=O)COC(=O)CN1C(=O)c2ccccc2C1=O. The number of carbonyl (C=O) groups is 4. The van der Waals surface area contributed by atoms with E-state index in [9.17, 15) is 23.6 Å². The number of amides is 2. The Labute approximate surface area is 153 Å². The molecule has 1 aliphatic rings. The quantitative estimate of drug-likeness (QED) is 0.437. The summed E-state index contributed by atoms with van der Waals surface area (Å²) in [5.41, 5.74) is 0.331. The predicted molar refractivity (Wildman–Crippen MR) is 90.1 cm³/mol. The van der Waals surface area contributed by atoms with Gasteiger partial charge in [0.05, 0.1) is 23.8 Å². The molecule has 0 saturated heterocycles. The zero-order valence-corrected chi connectivity index (χ0v) is 14.2. The smallest absolute Gasteiger partial charge is 0.326 e. The van der Waals surface area contributed by atoms with E-state index in [1.165, 1.54) is 25.3 Å². The first-order valence-electron chi connectivity index (χ1n) is 7.90. The molecule has 1 heterocycles. The van der Waals surface area contributed by atoms with Gasteiger partial charge >= 0.3 is 5.97 Å². The molecule has 0 saturated carbocycles. The van der Waals surface area contributed by atoms with Crippen molar-refractivity contribution in [2.75, 3.05) is 20.3 Å². The highest BCUT2D eigenvalue weighted by Gasteiger charge is 2.36. The van der Waals surface area contributed by atoms with Gasteiger partial charge in [0.15, 0.2) is 6.61 Å². The van der Waals surface area contributed by atoms with Gasteiger partial charge in [-0.3, -0.25) is 24.1 Å². The molecule has 0 atom stereocenters. The fourth-order valence-electron chi connectivity index (χ4n) is 2.68. The van der Waals surface area contributed by atoms with E-state index >= 15 is 0 Å². The van der Waals surface area contributed by atoms with Gasteiger partial charge in [0.25, 0.3) is 11.8 Å². The van der Waals surface area contributed by atoms with Crippen molar-refractivity contribution >= 4 is 23.6 Å². The second-order valence-corrected chi connectivity index (χ2v) is 5.67. The fourth-order valence-corrected chi connectivity index (χ4v) is 2.68. The zero-order valence-electron chi connectivity index (χ0n) is 14.2. The monoisotopic (exact) mass is 371 g/mol. The Morgan fingerprint density at radius 1 is 1.04 bits per heavy atom. The number of esters is 1. The Bertz CT molecular complexity index is 920. The van der Waals surface area contributed by atoms with Crippen molar-refractivity contribution in [1.82, 2.24) is 4.90 Å². The van der Waals surface area contributed by atoms with Crippen LogP contribution in [0.3, 0.4) is 0 Å². The van der Waals surface area contributed by atoms with Gasteiger partial charge in [0, 0.05) is 0 Å². The fraction of sp³-hybridized carbons (Fsp3) is 0.158. The molecule has 0 spiro atoms. The number of hydrogen-bond donors (Lipinski definition) is 0. The van der Waals surface area contributed by atoms with Gasteiger partial charge in [-0.2, -0.15) is 0 Å². The van der Waals surface area contributed by atoms with Crippen LogP contribution in [0, 0.1) is 5.82 Å². The van der Waals surface area contributed by atoms with E-state index in [1.54, 1.807) is 12.1 Å². The molecule has 3 rings (SSSR count). The summed E-state index contributed by atoms with van der Waals surface area (Å²) in [6, 6.07) is 9.57. The molecule has 0 N–H and O–H groups in total. The van der Waals surface area contributed by atoms with Gasteiger partial charge < -0.3 is 9.47 Å². The van der Waals surface area contributed by atoms with E-state index in [4.69, 9.17) is 9.47 Å². The van der Waals surface area contributed by atoms with Crippen LogP contribution >= 0.6 is 0 Å². The van der Waals surface area contributed by atoms with Crippen LogP contribution in [0.15, 0.2) is 42.5 Å². The number of imide groups is 1. The van der Waals surface area contributed by atoms with E-state index in [1.807, 2.05) is 0 Å². The molecule has 138 valence electrons. The second kappa shape index (κ2) is 7.36. The minimum absolute atomic E-state index is 0.0777. The van der Waals surface area contributed by atoms with Crippen molar-refractivity contribution < 1.29 is 33.0 Å². The minimum atomic E-state index is -0.937. The molecule has 0 fully saturated rings. The molecule has 2 amide bonds. The number of methoxy groups -OCH3 is 1. The summed E-state index contributed by atoms with van der Waals surface area (Å²) in [4.78, 5) is 49.3. The van der Waals surface area contributed by atoms with E-state index in [0.717, 1.165) is 17.0 Å². The maximum Gasteiger partial charge on any atom is 0.326 e. The van der Waals surface area contributed by atoms with Crippen LogP contribution in [0.25, 0.3) is 0 Å². The number of halogens is 1. The highest BCUT2D eigenvalue weighted by atomic mass is 19.1. The average Bonchev–Trinajstić information content (AvgIpc) is 2.91. The molecule has 8 heteroatoms. The summed E-state index contributed by atoms with van der Waals surface area (Å²) in [7, 11) is 1.32. The Morgan fingerprint density at radius 2 is 1.67 bits per heavy atom. The molecule has 0 aliphatic carbocycles. The van der Waals surface area contributed by atoms with E-state index < -0.39 is 42.5 Å². The maximum atomic E-state index is 13.3. The molecule has 0 unspecified atom stereocenters. The summed E-state index contributed by atoms with van der Waals surface area (Å²) < 4.78 is 23.1. The van der Waals surface area contributed by atoms with Gasteiger partial charge in [0.2, 0.25) is 5.78 Å². The van der Waals surface area contributed by atoms with Crippen molar-refractivity contribution in [3.63, 3.8) is 0 Å². The number of nitrogens with zero attached hydrogens (tertiary/aromatic N) is 1. The van der Waals surface area contributed by atoms with Gasteiger partial charge in [0.1, 0.15) is 18.1 Å². The first-order valence-corrected chi connectivity index (χ1v) is 7.90. The van der Waals surface area contributed by atoms with Crippen LogP contribution in [-0.4, -0.2) is 48.7 Å². The number of benzene rings is 2. The van der Waals surface area contributed by atoms with Crippen molar-refractivity contribution in [2.45, 2.75) is 0 Å². The molecule has 1 aliphatic heterocycles. The van der Waals surface area contributed by atoms with E-state index in [0.29, 0.717) is 0 Å². The van der Waals surface area contributed by atoms with Crippen molar-refractivity contribution in [3.8, 4) is 5.75 Å². The van der Waals surface area contributed by atoms with Gasteiger partial charge in [-0.25, -0.2) is 4.39 Å². The topological polar surface area (TPSA) is 90.0 Å². The molecule has 2 aromatic rings. The Balaban J connectivity index is 1.63. The molecule has 0 bridgehead atoms. The van der Waals surface area contributed by atoms with Gasteiger partial charge in [-0.05, 0) is 30.3 Å². The first kappa shape index (κ1) is 18.2. The lowest BCUT2D eigenvalue weighted by molar-refractivity contribution is -0.142. The Kier molecular flexibility index (Phi) is 4.98. The largest absolute Gasteiger partial charge is 0.496 e. The lowest BCUT2D eigenvalue weighted by Crippen LogP contribution is -2.36. The van der Waals surface area contributed by atoms with Crippen LogP contribution in [0.2, 0.25) is 0 Å². The highest BCUT2D eigenvalue weighted by Crippen LogP contribution is 2.22. The molecule has 0 aromatic heterocycles. The third-order valence-electron chi connectivity index (χ3n) is 3.99. The lowest BCUT2D eigenvalue weighted by atomic mass is 10.1. The highest BCUT2D eigenvalue weighted by molar-refractivity contribution is 6.22. The number of hydrogen-bond acceptors (Lipinski definition) is 6. The molecular formula is C19H14FNO6. The van der Waals surface area contributed by atoms with Crippen LogP contribution in [0.5, 0.6) is 5.75 Å². The number of rotatable bonds is 6. The van der Waals surface area contributed by atoms with Crippen LogP contribution < -0.4 is 4.74 Å². The van der Waals surface area contributed by atoms with Gasteiger partial charge in [-0.1, -0.05) is 12.1 Å². The summed E-state index contributed by atoms with van der Waals surface area (Å²) >= 11 is 0. The predicted octanol–water partition coefficient (Wildman–Crippen LogP) is 1.86. The standard InChI is InChI=1S/C19H14FNO6/c1-26-16-7-6-11(20)8-14(16)15(22)10-27-17(23)9-21-18(24)12-4-2-3-5-13(12)19(21)25/h2-8H,9-10H2,1H3. The maximum absolute atomic E-state index is 13.3. The van der Waals surface area contributed by atoms with Gasteiger partial charge in [-0.15, -0.1) is 0 Å². The Hall–Kier alpha value is -3.55. The van der Waals surface area contributed by atoms with Crippen LogP contribution in [0.4, 0.5) is 4.39 Å². The molecular weight excluding hydrogens is 357 g/mol. The van der Waals surface area contributed by atoms with Crippen molar-refractivity contribution in [3.05, 3.63) is 65.0 Å². The normalized spacial score (nSPS) is 12.7. The minimum Gasteiger partial charge on any atom is -0.496 e. The van der Waals surface area contributed by atoms with E-state index in [-0.39, 0.29) is 22.4 Å². The molecule has 2 aromatic carbocycles. The second-order valence-electron chi connectivity index (χ2n) is 5.67. The van der Waals surface area contributed by atoms with Crippen LogP contribution in [-0.2, 0) is 9.53 Å². The summed E-state index contributed by atoms with van der Waals surface area (Å²) in [5, 5.41) is 0. The number of carbonyl (C=O) groups excluding carboxylic acids is 4. The molecule has 7 nitrogen and oxygen atoms in total.